The van der Waals surface area contributed by atoms with Crippen LogP contribution < -0.4 is 11.4 Å². The summed E-state index contributed by atoms with van der Waals surface area (Å²) in [6, 6.07) is 12.5. The molecule has 1 aromatic heterocycles. The van der Waals surface area contributed by atoms with Gasteiger partial charge in [0.15, 0.2) is 4.90 Å². The molecule has 2 aromatic carbocycles. The van der Waals surface area contributed by atoms with Gasteiger partial charge in [-0.2, -0.15) is 5.10 Å². The molecule has 1 aliphatic rings. The Morgan fingerprint density at radius 3 is 2.78 bits per heavy atom. The molecule has 10 heteroatoms. The molecule has 0 amide bonds. The Balaban J connectivity index is 1.51. The number of methoxy groups -OCH3 is 1. The quantitative estimate of drug-likeness (QED) is 0.256. The zero-order chi connectivity index (χ0) is 22.7. The number of halogens is 1. The van der Waals surface area contributed by atoms with Crippen LogP contribution in [0.4, 0.5) is 10.1 Å². The molecule has 3 aromatic rings. The summed E-state index contributed by atoms with van der Waals surface area (Å²) < 4.78 is 33.5. The number of hydrogen-bond donors (Lipinski definition) is 2. The molecule has 2 heterocycles. The maximum absolute atomic E-state index is 13.5. The minimum Gasteiger partial charge on any atom is -0.593 e. The highest BCUT2D eigenvalue weighted by Crippen LogP contribution is 2.24. The van der Waals surface area contributed by atoms with Gasteiger partial charge in [0.05, 0.1) is 41.5 Å². The molecule has 8 nitrogen and oxygen atoms in total. The van der Waals surface area contributed by atoms with Crippen molar-refractivity contribution in [2.45, 2.75) is 17.4 Å². The average molecular weight is 456 g/mol. The summed E-state index contributed by atoms with van der Waals surface area (Å²) in [4.78, 5) is 20.1. The second kappa shape index (κ2) is 9.61. The van der Waals surface area contributed by atoms with Crippen LogP contribution in [0.1, 0.15) is 12.0 Å². The topological polar surface area (TPSA) is 119 Å². The monoisotopic (exact) mass is 455 g/mol. The number of aromatic nitrogens is 1. The van der Waals surface area contributed by atoms with E-state index in [2.05, 4.69) is 15.1 Å². The molecule has 4 rings (SSSR count). The van der Waals surface area contributed by atoms with Crippen molar-refractivity contribution < 1.29 is 13.7 Å². The standard InChI is InChI=1S/C22H22FN5O3S/c1-31-17-8-9-28(13-17)32(30)18-5-3-16(4-6-18)25-12-21(27-24)19-11-14-10-15(23)2-7-20(14)26-22(19)29/h2-7,10-12,17H,8-9,13,24H2,1H3,(H,26,29)/t17-,32?/m1/s1. The molecular weight excluding hydrogens is 433 g/mol. The minimum absolute atomic E-state index is 0.103. The number of aromatic amines is 1. The Kier molecular flexibility index (Phi) is 6.66. The van der Waals surface area contributed by atoms with E-state index in [0.717, 1.165) is 6.42 Å². The van der Waals surface area contributed by atoms with Crippen LogP contribution in [0, 0.1) is 5.82 Å². The van der Waals surface area contributed by atoms with Gasteiger partial charge in [-0.1, -0.05) is 0 Å². The average Bonchev–Trinajstić information content (AvgIpc) is 3.29. The SMILES string of the molecule is CO[C@@H]1CCN([S+]([O-])c2ccc(N=CC(=NN)c3cc4cc(F)ccc4[nH]c3=O)cc2)C1. The van der Waals surface area contributed by atoms with Gasteiger partial charge in [0.2, 0.25) is 0 Å². The summed E-state index contributed by atoms with van der Waals surface area (Å²) in [5.41, 5.74) is 0.991. The summed E-state index contributed by atoms with van der Waals surface area (Å²) in [6.07, 6.45) is 2.32. The third-order valence-corrected chi connectivity index (χ3v) is 6.75. The molecule has 0 bridgehead atoms. The number of ether oxygens (including phenoxy) is 1. The number of hydrogen-bond acceptors (Lipinski definition) is 7. The van der Waals surface area contributed by atoms with Crippen molar-refractivity contribution in [3.63, 3.8) is 0 Å². The van der Waals surface area contributed by atoms with Crippen LogP contribution in [-0.4, -0.2) is 52.1 Å². The maximum Gasteiger partial charge on any atom is 0.258 e. The van der Waals surface area contributed by atoms with Crippen molar-refractivity contribution in [1.29, 1.82) is 0 Å². The van der Waals surface area contributed by atoms with E-state index in [4.69, 9.17) is 10.6 Å². The van der Waals surface area contributed by atoms with E-state index in [1.54, 1.807) is 31.4 Å². The summed E-state index contributed by atoms with van der Waals surface area (Å²) in [5.74, 6) is 5.06. The van der Waals surface area contributed by atoms with Gasteiger partial charge in [0.1, 0.15) is 11.5 Å². The van der Waals surface area contributed by atoms with Crippen molar-refractivity contribution in [2.75, 3.05) is 20.2 Å². The Morgan fingerprint density at radius 2 is 2.09 bits per heavy atom. The van der Waals surface area contributed by atoms with Crippen LogP contribution in [-0.2, 0) is 16.1 Å². The molecule has 1 unspecified atom stereocenters. The minimum atomic E-state index is -1.27. The highest BCUT2D eigenvalue weighted by Gasteiger charge is 2.31. The zero-order valence-corrected chi connectivity index (χ0v) is 18.1. The van der Waals surface area contributed by atoms with Crippen molar-refractivity contribution in [2.24, 2.45) is 15.9 Å². The number of pyridine rings is 1. The van der Waals surface area contributed by atoms with Gasteiger partial charge in [0, 0.05) is 24.6 Å². The number of aliphatic imine (C=N–C) groups is 1. The van der Waals surface area contributed by atoms with E-state index in [0.29, 0.717) is 34.6 Å². The molecule has 0 saturated carbocycles. The van der Waals surface area contributed by atoms with E-state index < -0.39 is 22.7 Å². The van der Waals surface area contributed by atoms with E-state index in [1.165, 1.54) is 30.5 Å². The Hall–Kier alpha value is -3.05. The normalized spacial score (nSPS) is 18.6. The lowest BCUT2D eigenvalue weighted by molar-refractivity contribution is 0.115. The summed E-state index contributed by atoms with van der Waals surface area (Å²) in [5, 5.41) is 4.18. The lowest BCUT2D eigenvalue weighted by Crippen LogP contribution is -2.30. The third-order valence-electron chi connectivity index (χ3n) is 5.27. The fourth-order valence-corrected chi connectivity index (χ4v) is 4.75. The number of nitrogens with one attached hydrogen (secondary N) is 1. The number of hydrazone groups is 1. The molecule has 1 saturated heterocycles. The third kappa shape index (κ3) is 4.73. The van der Waals surface area contributed by atoms with Crippen LogP contribution >= 0.6 is 0 Å². The molecule has 1 aliphatic heterocycles. The van der Waals surface area contributed by atoms with Crippen LogP contribution in [0.15, 0.2) is 68.3 Å². The Morgan fingerprint density at radius 1 is 1.31 bits per heavy atom. The second-order valence-corrected chi connectivity index (χ2v) is 8.78. The Labute approximate surface area is 186 Å². The molecule has 1 fully saturated rings. The predicted molar refractivity (Wildman–Crippen MR) is 123 cm³/mol. The van der Waals surface area contributed by atoms with Crippen molar-refractivity contribution in [3.8, 4) is 0 Å². The number of nitrogens with two attached hydrogens (primary N) is 1. The first-order valence-electron chi connectivity index (χ1n) is 9.93. The van der Waals surface area contributed by atoms with Crippen molar-refractivity contribution in [3.05, 3.63) is 70.3 Å². The van der Waals surface area contributed by atoms with Gasteiger partial charge >= 0.3 is 0 Å². The lowest BCUT2D eigenvalue weighted by Gasteiger charge is -2.19. The van der Waals surface area contributed by atoms with Gasteiger partial charge in [-0.3, -0.25) is 9.79 Å². The summed E-state index contributed by atoms with van der Waals surface area (Å²) >= 11 is -1.27. The molecule has 32 heavy (non-hydrogen) atoms. The summed E-state index contributed by atoms with van der Waals surface area (Å²) in [7, 11) is 1.66. The molecule has 166 valence electrons. The number of benzene rings is 2. The second-order valence-electron chi connectivity index (χ2n) is 7.29. The number of rotatable bonds is 6. The van der Waals surface area contributed by atoms with E-state index in [-0.39, 0.29) is 17.4 Å². The fourth-order valence-electron chi connectivity index (χ4n) is 3.51. The molecule has 0 aliphatic carbocycles. The van der Waals surface area contributed by atoms with Gasteiger partial charge in [-0.15, -0.1) is 4.31 Å². The first kappa shape index (κ1) is 22.2. The van der Waals surface area contributed by atoms with Crippen LogP contribution in [0.3, 0.4) is 0 Å². The highest BCUT2D eigenvalue weighted by molar-refractivity contribution is 7.89. The lowest BCUT2D eigenvalue weighted by atomic mass is 10.1. The molecule has 3 N–H and O–H groups in total. The number of nitrogens with zero attached hydrogens (tertiary/aromatic N) is 3. The highest BCUT2D eigenvalue weighted by atomic mass is 32.2. The molecule has 0 radical (unpaired) electrons. The van der Waals surface area contributed by atoms with Gasteiger partial charge in [-0.25, -0.2) is 4.39 Å². The van der Waals surface area contributed by atoms with Gasteiger partial charge in [-0.05, 0) is 55.0 Å². The first-order valence-corrected chi connectivity index (χ1v) is 11.0. The van der Waals surface area contributed by atoms with Crippen LogP contribution in [0.25, 0.3) is 10.9 Å². The van der Waals surface area contributed by atoms with Crippen LogP contribution in [0.5, 0.6) is 0 Å². The zero-order valence-electron chi connectivity index (χ0n) is 17.3. The molecule has 0 spiro atoms. The van der Waals surface area contributed by atoms with E-state index >= 15 is 0 Å². The Bertz CT molecular complexity index is 1230. The van der Waals surface area contributed by atoms with E-state index in [9.17, 15) is 13.7 Å². The number of fused-ring (bicyclic) bond motifs is 1. The largest absolute Gasteiger partial charge is 0.593 e. The maximum atomic E-state index is 13.5. The summed E-state index contributed by atoms with van der Waals surface area (Å²) in [6.45, 7) is 1.34. The van der Waals surface area contributed by atoms with Gasteiger partial charge < -0.3 is 20.1 Å². The van der Waals surface area contributed by atoms with Crippen molar-refractivity contribution >= 4 is 39.9 Å². The predicted octanol–water partition coefficient (Wildman–Crippen LogP) is 2.48. The first-order chi connectivity index (χ1) is 15.5. The van der Waals surface area contributed by atoms with Crippen molar-refractivity contribution in [1.82, 2.24) is 9.29 Å². The fraction of sp³-hybridized carbons (Fsp3) is 0.227. The number of H-pyrrole nitrogens is 1. The molecule has 2 atom stereocenters. The molecular formula is C22H22FN5O3S. The van der Waals surface area contributed by atoms with E-state index in [1.807, 2.05) is 4.31 Å². The van der Waals surface area contributed by atoms with Crippen LogP contribution in [0.2, 0.25) is 0 Å². The smallest absolute Gasteiger partial charge is 0.258 e. The van der Waals surface area contributed by atoms with Gasteiger partial charge in [0.25, 0.3) is 5.56 Å².